The maximum absolute atomic E-state index is 12.3. The first-order valence-corrected chi connectivity index (χ1v) is 9.51. The molecule has 0 radical (unpaired) electrons. The number of hydrogen-bond donors (Lipinski definition) is 2. The molecule has 1 saturated heterocycles. The lowest BCUT2D eigenvalue weighted by Gasteiger charge is -2.13. The lowest BCUT2D eigenvalue weighted by molar-refractivity contribution is -0.138. The van der Waals surface area contributed by atoms with Crippen molar-refractivity contribution in [2.24, 2.45) is 0 Å². The molecule has 2 N–H and O–H groups in total. The highest BCUT2D eigenvalue weighted by molar-refractivity contribution is 9.10. The van der Waals surface area contributed by atoms with E-state index in [0.717, 1.165) is 0 Å². The number of carbonyl (C=O) groups is 4. The van der Waals surface area contributed by atoms with E-state index in [-0.39, 0.29) is 36.3 Å². The number of amides is 4. The number of nitrogens with one attached hydrogen (secondary N) is 2. The van der Waals surface area contributed by atoms with Gasteiger partial charge in [-0.2, -0.15) is 0 Å². The fourth-order valence-corrected chi connectivity index (χ4v) is 3.09. The summed E-state index contributed by atoms with van der Waals surface area (Å²) in [5.41, 5.74) is 0.838. The molecular formula is C19H18BrN3O5. The van der Waals surface area contributed by atoms with Crippen molar-refractivity contribution in [3.63, 3.8) is 0 Å². The molecule has 28 heavy (non-hydrogen) atoms. The van der Waals surface area contributed by atoms with Gasteiger partial charge < -0.3 is 15.1 Å². The second-order valence-electron chi connectivity index (χ2n) is 6.19. The van der Waals surface area contributed by atoms with Gasteiger partial charge in [0.05, 0.1) is 0 Å². The zero-order valence-corrected chi connectivity index (χ0v) is 16.5. The molecule has 9 heteroatoms. The zero-order chi connectivity index (χ0) is 20.1. The molecule has 8 nitrogen and oxygen atoms in total. The average Bonchev–Trinajstić information content (AvgIpc) is 3.25. The third kappa shape index (κ3) is 4.86. The number of rotatable bonds is 7. The summed E-state index contributed by atoms with van der Waals surface area (Å²) < 4.78 is 5.64. The molecule has 0 unspecified atom stereocenters. The van der Waals surface area contributed by atoms with Crippen LogP contribution >= 0.6 is 15.9 Å². The Kier molecular flexibility index (Phi) is 6.25. The highest BCUT2D eigenvalue weighted by Gasteiger charge is 2.27. The SMILES string of the molecule is O=C(NCCCN1C(=O)CCC1=O)c1cccc(NC(=O)c2ccc(Br)o2)c1. The Morgan fingerprint density at radius 2 is 1.82 bits per heavy atom. The van der Waals surface area contributed by atoms with E-state index in [0.29, 0.717) is 35.4 Å². The number of furan rings is 1. The highest BCUT2D eigenvalue weighted by Crippen LogP contribution is 2.17. The van der Waals surface area contributed by atoms with Gasteiger partial charge in [-0.15, -0.1) is 0 Å². The predicted octanol–water partition coefficient (Wildman–Crippen LogP) is 2.56. The number of likely N-dealkylation sites (tertiary alicyclic amines) is 1. The van der Waals surface area contributed by atoms with Crippen molar-refractivity contribution in [1.29, 1.82) is 0 Å². The molecule has 146 valence electrons. The van der Waals surface area contributed by atoms with Crippen molar-refractivity contribution < 1.29 is 23.6 Å². The molecule has 1 aliphatic rings. The molecule has 0 atom stereocenters. The van der Waals surface area contributed by atoms with Crippen LogP contribution < -0.4 is 10.6 Å². The number of carbonyl (C=O) groups excluding carboxylic acids is 4. The molecule has 1 aromatic carbocycles. The van der Waals surface area contributed by atoms with E-state index in [4.69, 9.17) is 4.42 Å². The standard InChI is InChI=1S/C19H18BrN3O5/c20-15-6-5-14(28-15)19(27)22-13-4-1-3-12(11-13)18(26)21-9-2-10-23-16(24)7-8-17(23)25/h1,3-6,11H,2,7-10H2,(H,21,26)(H,22,27). The Bertz CT molecular complexity index is 908. The molecule has 0 spiro atoms. The van der Waals surface area contributed by atoms with Gasteiger partial charge in [-0.05, 0) is 52.7 Å². The van der Waals surface area contributed by atoms with Crippen molar-refractivity contribution in [2.75, 3.05) is 18.4 Å². The van der Waals surface area contributed by atoms with Gasteiger partial charge in [-0.25, -0.2) is 0 Å². The zero-order valence-electron chi connectivity index (χ0n) is 14.9. The van der Waals surface area contributed by atoms with Crippen LogP contribution in [0, 0.1) is 0 Å². The number of nitrogens with zero attached hydrogens (tertiary/aromatic N) is 1. The second-order valence-corrected chi connectivity index (χ2v) is 6.97. The van der Waals surface area contributed by atoms with Gasteiger partial charge in [0.15, 0.2) is 10.4 Å². The number of hydrogen-bond acceptors (Lipinski definition) is 5. The number of imide groups is 1. The van der Waals surface area contributed by atoms with Crippen molar-refractivity contribution in [3.8, 4) is 0 Å². The van der Waals surface area contributed by atoms with Crippen molar-refractivity contribution in [1.82, 2.24) is 10.2 Å². The van der Waals surface area contributed by atoms with Crippen LogP contribution in [-0.4, -0.2) is 41.6 Å². The van der Waals surface area contributed by atoms with Gasteiger partial charge >= 0.3 is 0 Å². The first-order chi connectivity index (χ1) is 13.4. The quantitative estimate of drug-likeness (QED) is 0.500. The Morgan fingerprint density at radius 3 is 2.50 bits per heavy atom. The van der Waals surface area contributed by atoms with Crippen LogP contribution in [0.4, 0.5) is 5.69 Å². The van der Waals surface area contributed by atoms with E-state index >= 15 is 0 Å². The molecule has 1 fully saturated rings. The third-order valence-electron chi connectivity index (χ3n) is 4.18. The van der Waals surface area contributed by atoms with Crippen LogP contribution in [0.25, 0.3) is 0 Å². The monoisotopic (exact) mass is 447 g/mol. The minimum Gasteiger partial charge on any atom is -0.444 e. The molecule has 0 aliphatic carbocycles. The number of benzene rings is 1. The molecule has 0 saturated carbocycles. The molecule has 2 heterocycles. The highest BCUT2D eigenvalue weighted by atomic mass is 79.9. The van der Waals surface area contributed by atoms with E-state index in [9.17, 15) is 19.2 Å². The first kappa shape index (κ1) is 19.8. The van der Waals surface area contributed by atoms with Gasteiger partial charge in [0, 0.05) is 37.2 Å². The lowest BCUT2D eigenvalue weighted by atomic mass is 10.2. The average molecular weight is 448 g/mol. The second kappa shape index (κ2) is 8.83. The molecule has 1 aromatic heterocycles. The smallest absolute Gasteiger partial charge is 0.291 e. The minimum atomic E-state index is -0.428. The van der Waals surface area contributed by atoms with Crippen LogP contribution in [0.5, 0.6) is 0 Å². The van der Waals surface area contributed by atoms with E-state index in [1.807, 2.05) is 0 Å². The Morgan fingerprint density at radius 1 is 1.07 bits per heavy atom. The summed E-state index contributed by atoms with van der Waals surface area (Å²) >= 11 is 3.13. The van der Waals surface area contributed by atoms with Gasteiger partial charge in [-0.3, -0.25) is 24.1 Å². The van der Waals surface area contributed by atoms with Crippen molar-refractivity contribution in [3.05, 3.63) is 52.4 Å². The van der Waals surface area contributed by atoms with Gasteiger partial charge in [0.25, 0.3) is 11.8 Å². The summed E-state index contributed by atoms with van der Waals surface area (Å²) in [6.45, 7) is 0.625. The molecule has 1 aliphatic heterocycles. The van der Waals surface area contributed by atoms with Crippen molar-refractivity contribution >= 4 is 45.2 Å². The summed E-state index contributed by atoms with van der Waals surface area (Å²) in [7, 11) is 0. The van der Waals surface area contributed by atoms with Crippen LogP contribution in [0.2, 0.25) is 0 Å². The van der Waals surface area contributed by atoms with Crippen LogP contribution in [0.1, 0.15) is 40.2 Å². The van der Waals surface area contributed by atoms with Crippen molar-refractivity contribution in [2.45, 2.75) is 19.3 Å². The van der Waals surface area contributed by atoms with Gasteiger partial charge in [0.1, 0.15) is 0 Å². The Labute approximate surface area is 169 Å². The topological polar surface area (TPSA) is 109 Å². The minimum absolute atomic E-state index is 0.146. The normalized spacial score (nSPS) is 13.7. The van der Waals surface area contributed by atoms with Gasteiger partial charge in [0.2, 0.25) is 11.8 Å². The fourth-order valence-electron chi connectivity index (χ4n) is 2.78. The summed E-state index contributed by atoms with van der Waals surface area (Å²) in [4.78, 5) is 48.7. The number of halogens is 1. The molecule has 0 bridgehead atoms. The Hall–Kier alpha value is -2.94. The molecule has 3 rings (SSSR count). The Balaban J connectivity index is 1.50. The van der Waals surface area contributed by atoms with E-state index in [1.54, 1.807) is 30.3 Å². The summed E-state index contributed by atoms with van der Waals surface area (Å²) in [6, 6.07) is 9.65. The molecular weight excluding hydrogens is 430 g/mol. The van der Waals surface area contributed by atoms with E-state index in [2.05, 4.69) is 26.6 Å². The summed E-state index contributed by atoms with van der Waals surface area (Å²) in [5.74, 6) is -0.918. The largest absolute Gasteiger partial charge is 0.444 e. The maximum Gasteiger partial charge on any atom is 0.291 e. The molecule has 4 amide bonds. The third-order valence-corrected chi connectivity index (χ3v) is 4.60. The summed E-state index contributed by atoms with van der Waals surface area (Å²) in [5, 5.41) is 5.41. The van der Waals surface area contributed by atoms with Gasteiger partial charge in [-0.1, -0.05) is 6.07 Å². The fraction of sp³-hybridized carbons (Fsp3) is 0.263. The molecule has 2 aromatic rings. The first-order valence-electron chi connectivity index (χ1n) is 8.72. The van der Waals surface area contributed by atoms with Crippen LogP contribution in [-0.2, 0) is 9.59 Å². The van der Waals surface area contributed by atoms with Crippen LogP contribution in [0.15, 0.2) is 45.5 Å². The lowest BCUT2D eigenvalue weighted by Crippen LogP contribution is -2.33. The maximum atomic E-state index is 12.3. The van der Waals surface area contributed by atoms with E-state index in [1.165, 1.54) is 11.0 Å². The summed E-state index contributed by atoms with van der Waals surface area (Å²) in [6.07, 6.45) is 1.00. The number of anilines is 1. The van der Waals surface area contributed by atoms with Crippen LogP contribution in [0.3, 0.4) is 0 Å². The predicted molar refractivity (Wildman–Crippen MR) is 104 cm³/mol. The van der Waals surface area contributed by atoms with E-state index < -0.39 is 5.91 Å².